The van der Waals surface area contributed by atoms with Crippen LogP contribution in [0.2, 0.25) is 0 Å². The molecule has 1 aliphatic carbocycles. The van der Waals surface area contributed by atoms with E-state index in [1.165, 1.54) is 12.5 Å². The summed E-state index contributed by atoms with van der Waals surface area (Å²) in [4.78, 5) is 21.2. The summed E-state index contributed by atoms with van der Waals surface area (Å²) in [6.07, 6.45) is 3.06. The maximum atomic E-state index is 14.8. The number of carbonyl (C=O) groups is 1. The lowest BCUT2D eigenvalue weighted by Crippen LogP contribution is -2.35. The van der Waals surface area contributed by atoms with Crippen LogP contribution in [0.4, 0.5) is 10.2 Å². The number of ketones is 1. The van der Waals surface area contributed by atoms with Crippen molar-refractivity contribution in [2.45, 2.75) is 75.8 Å². The molecule has 1 saturated carbocycles. The maximum Gasteiger partial charge on any atom is 0.335 e. The van der Waals surface area contributed by atoms with Crippen LogP contribution in [0.1, 0.15) is 49.0 Å². The zero-order chi connectivity index (χ0) is 25.4. The van der Waals surface area contributed by atoms with Gasteiger partial charge < -0.3 is 19.7 Å². The number of hydrogen-bond acceptors (Lipinski definition) is 9. The zero-order valence-corrected chi connectivity index (χ0v) is 20.5. The molecule has 1 saturated heterocycles. The number of nitrogens with one attached hydrogen (secondary N) is 2. The quantitative estimate of drug-likeness (QED) is 0.423. The van der Waals surface area contributed by atoms with Gasteiger partial charge in [0.05, 0.1) is 23.3 Å². The van der Waals surface area contributed by atoms with Crippen LogP contribution in [0, 0.1) is 0 Å². The molecule has 3 heterocycles. The van der Waals surface area contributed by atoms with Gasteiger partial charge in [-0.15, -0.1) is 0 Å². The molecule has 2 aromatic heterocycles. The topological polar surface area (TPSA) is 145 Å². The molecule has 0 radical (unpaired) electrons. The van der Waals surface area contributed by atoms with E-state index in [0.717, 1.165) is 19.9 Å². The van der Waals surface area contributed by atoms with Crippen molar-refractivity contribution in [3.05, 3.63) is 42.1 Å². The first-order chi connectivity index (χ1) is 16.5. The average Bonchev–Trinajstić information content (AvgIpc) is 3.48. The molecule has 0 spiro atoms. The Morgan fingerprint density at radius 1 is 1.43 bits per heavy atom. The van der Waals surface area contributed by atoms with E-state index in [-0.39, 0.29) is 35.3 Å². The van der Waals surface area contributed by atoms with Crippen molar-refractivity contribution in [3.8, 4) is 0 Å². The molecule has 13 heteroatoms. The van der Waals surface area contributed by atoms with Crippen molar-refractivity contribution in [2.24, 2.45) is 0 Å². The van der Waals surface area contributed by atoms with Gasteiger partial charge >= 0.3 is 10.3 Å². The van der Waals surface area contributed by atoms with E-state index in [2.05, 4.69) is 29.1 Å². The normalized spacial score (nSPS) is 28.3. The summed E-state index contributed by atoms with van der Waals surface area (Å²) in [5.74, 6) is -0.283. The third-order valence-corrected chi connectivity index (χ3v) is 7.34. The van der Waals surface area contributed by atoms with Crippen molar-refractivity contribution >= 4 is 21.9 Å². The number of aromatic nitrogens is 3. The second kappa shape index (κ2) is 9.90. The largest absolute Gasteiger partial charge is 0.387 e. The van der Waals surface area contributed by atoms with Crippen molar-refractivity contribution in [3.63, 3.8) is 0 Å². The molecule has 2 fully saturated rings. The van der Waals surface area contributed by atoms with Crippen LogP contribution in [-0.2, 0) is 25.8 Å². The van der Waals surface area contributed by atoms with Gasteiger partial charge in [0.15, 0.2) is 5.78 Å². The number of aliphatic hydroxyl groups is 1. The van der Waals surface area contributed by atoms with Gasteiger partial charge in [0.1, 0.15) is 30.5 Å². The van der Waals surface area contributed by atoms with Crippen LogP contribution in [-0.4, -0.2) is 77.0 Å². The number of hydrogen-bond donors (Lipinski definition) is 3. The molecule has 3 N–H and O–H groups in total. The van der Waals surface area contributed by atoms with Gasteiger partial charge in [-0.25, -0.2) is 14.4 Å². The number of nitrogens with zero attached hydrogens (tertiary/aromatic N) is 3. The fourth-order valence-corrected chi connectivity index (χ4v) is 5.09. The molecule has 2 aromatic rings. The monoisotopic (exact) mass is 511 g/mol. The highest BCUT2D eigenvalue weighted by molar-refractivity contribution is 7.84. The lowest BCUT2D eigenvalue weighted by Gasteiger charge is -2.19. The van der Waals surface area contributed by atoms with Crippen molar-refractivity contribution < 1.29 is 31.6 Å². The van der Waals surface area contributed by atoms with E-state index in [1.807, 2.05) is 9.29 Å². The van der Waals surface area contributed by atoms with Crippen LogP contribution < -0.4 is 10.0 Å². The number of rotatable bonds is 9. The van der Waals surface area contributed by atoms with E-state index < -0.39 is 34.7 Å². The molecular formula is C22H30FN5O6S. The molecule has 0 aromatic carbocycles. The summed E-state index contributed by atoms with van der Waals surface area (Å²) < 4.78 is 52.8. The Hall–Kier alpha value is -2.45. The minimum Gasteiger partial charge on any atom is -0.387 e. The highest BCUT2D eigenvalue weighted by Gasteiger charge is 2.46. The summed E-state index contributed by atoms with van der Waals surface area (Å²) in [7, 11) is -2.98. The van der Waals surface area contributed by atoms with Gasteiger partial charge in [-0.2, -0.15) is 13.1 Å². The van der Waals surface area contributed by atoms with Crippen molar-refractivity contribution in [1.29, 1.82) is 0 Å². The number of alkyl halides is 1. The Balaban J connectivity index is 1.46. The zero-order valence-electron chi connectivity index (χ0n) is 19.7. The number of aliphatic hydroxyl groups excluding tert-OH is 1. The van der Waals surface area contributed by atoms with Crippen LogP contribution in [0.3, 0.4) is 0 Å². The fraction of sp³-hybridized carbons (Fsp3) is 0.591. The van der Waals surface area contributed by atoms with E-state index in [4.69, 9.17) is 8.92 Å². The van der Waals surface area contributed by atoms with Gasteiger partial charge in [-0.05, 0) is 32.8 Å². The summed E-state index contributed by atoms with van der Waals surface area (Å²) >= 11 is 0. The minimum atomic E-state index is -4.12. The summed E-state index contributed by atoms with van der Waals surface area (Å²) in [6, 6.07) is 0.652. The Labute approximate surface area is 203 Å². The van der Waals surface area contributed by atoms with E-state index in [1.54, 1.807) is 18.5 Å². The number of anilines is 1. The summed E-state index contributed by atoms with van der Waals surface area (Å²) in [5.41, 5.74) is 0.379. The Kier molecular flexibility index (Phi) is 7.25. The van der Waals surface area contributed by atoms with Crippen LogP contribution in [0.15, 0.2) is 31.0 Å². The third-order valence-electron chi connectivity index (χ3n) is 6.34. The summed E-state index contributed by atoms with van der Waals surface area (Å²) in [6.45, 7) is 4.73. The molecule has 0 amide bonds. The number of ether oxygens (including phenoxy) is 1. The predicted molar refractivity (Wildman–Crippen MR) is 124 cm³/mol. The standard InChI is InChI=1S/C22H30FN5O6S/c1-22(2)6-4-14(33-22)11-28-7-5-13(10-28)19(29)15-9-25-12-26-21(15)27-16-8-17(20(30)18(16)23)34-35(31,32)24-3/h5,7,9-10,12,14,16-18,20,24,30H,4,6,8,11H2,1-3H3,(H,25,26,27)/t14-,16-,17-,18-,20-/m1/s1. The van der Waals surface area contributed by atoms with E-state index in [0.29, 0.717) is 12.1 Å². The molecule has 1 aliphatic heterocycles. The lowest BCUT2D eigenvalue weighted by atomic mass is 10.1. The van der Waals surface area contributed by atoms with E-state index >= 15 is 0 Å². The smallest absolute Gasteiger partial charge is 0.335 e. The van der Waals surface area contributed by atoms with Gasteiger partial charge in [0, 0.05) is 44.2 Å². The molecule has 0 bridgehead atoms. The first kappa shape index (κ1) is 25.6. The molecule has 2 aliphatic rings. The van der Waals surface area contributed by atoms with Crippen LogP contribution in [0.25, 0.3) is 0 Å². The molecule has 5 atom stereocenters. The Bertz CT molecular complexity index is 1170. The third kappa shape index (κ3) is 5.86. The van der Waals surface area contributed by atoms with E-state index in [9.17, 15) is 22.7 Å². The molecule has 11 nitrogen and oxygen atoms in total. The van der Waals surface area contributed by atoms with Crippen molar-refractivity contribution in [1.82, 2.24) is 19.3 Å². The van der Waals surface area contributed by atoms with Gasteiger partial charge in [0.2, 0.25) is 0 Å². The first-order valence-corrected chi connectivity index (χ1v) is 12.8. The number of carbonyl (C=O) groups excluding carboxylic acids is 1. The molecule has 192 valence electrons. The second-order valence-electron chi connectivity index (χ2n) is 9.46. The molecular weight excluding hydrogens is 481 g/mol. The maximum absolute atomic E-state index is 14.8. The summed E-state index contributed by atoms with van der Waals surface area (Å²) in [5, 5.41) is 12.9. The molecule has 4 rings (SSSR count). The van der Waals surface area contributed by atoms with Crippen LogP contribution in [0.5, 0.6) is 0 Å². The highest BCUT2D eigenvalue weighted by atomic mass is 32.2. The Morgan fingerprint density at radius 2 is 2.20 bits per heavy atom. The number of halogens is 1. The van der Waals surface area contributed by atoms with Gasteiger partial charge in [-0.3, -0.25) is 8.98 Å². The van der Waals surface area contributed by atoms with Crippen molar-refractivity contribution in [2.75, 3.05) is 12.4 Å². The molecule has 0 unspecified atom stereocenters. The highest BCUT2D eigenvalue weighted by Crippen LogP contribution is 2.31. The fourth-order valence-electron chi connectivity index (χ4n) is 4.48. The molecule has 35 heavy (non-hydrogen) atoms. The minimum absolute atomic E-state index is 0.0646. The average molecular weight is 512 g/mol. The van der Waals surface area contributed by atoms with Gasteiger partial charge in [0.25, 0.3) is 0 Å². The first-order valence-electron chi connectivity index (χ1n) is 11.4. The lowest BCUT2D eigenvalue weighted by molar-refractivity contribution is -0.0216. The van der Waals surface area contributed by atoms with Gasteiger partial charge in [-0.1, -0.05) is 0 Å². The second-order valence-corrected chi connectivity index (χ2v) is 11.0. The Morgan fingerprint density at radius 3 is 2.89 bits per heavy atom. The predicted octanol–water partition coefficient (Wildman–Crippen LogP) is 1.20. The SMILES string of the molecule is CNS(=O)(=O)O[C@@H]1C[C@@H](Nc2ncncc2C(=O)c2ccn(C[C@H]3CCC(C)(C)O3)c2)[C@@H](F)[C@@H]1O. The van der Waals surface area contributed by atoms with Crippen LogP contribution >= 0.6 is 0 Å².